The molecule has 0 saturated heterocycles. The molecule has 1 aromatic heterocycles. The van der Waals surface area contributed by atoms with Crippen LogP contribution in [0.25, 0.3) is 5.69 Å². The van der Waals surface area contributed by atoms with E-state index in [1.54, 1.807) is 11.0 Å². The first-order valence-electron chi connectivity index (χ1n) is 5.93. The summed E-state index contributed by atoms with van der Waals surface area (Å²) in [5, 5.41) is 14.8. The fourth-order valence-corrected chi connectivity index (χ4v) is 2.03. The number of rotatable bonds is 4. The first-order chi connectivity index (χ1) is 8.34. The number of nitrogens with zero attached hydrogens (tertiary/aromatic N) is 4. The number of hydrogen-bond donors (Lipinski definition) is 1. The van der Waals surface area contributed by atoms with Gasteiger partial charge in [-0.1, -0.05) is 12.1 Å². The van der Waals surface area contributed by atoms with Crippen molar-refractivity contribution in [1.29, 1.82) is 0 Å². The molecule has 1 N–H and O–H groups in total. The summed E-state index contributed by atoms with van der Waals surface area (Å²) in [6, 6.07) is 8.60. The molecule has 0 spiro atoms. The quantitative estimate of drug-likeness (QED) is 0.869. The highest BCUT2D eigenvalue weighted by Crippen LogP contribution is 2.34. The van der Waals surface area contributed by atoms with Crippen molar-refractivity contribution < 1.29 is 0 Å². The van der Waals surface area contributed by atoms with Gasteiger partial charge in [-0.3, -0.25) is 0 Å². The van der Waals surface area contributed by atoms with Crippen LogP contribution in [0.4, 0.5) is 5.69 Å². The second-order valence-corrected chi connectivity index (χ2v) is 4.54. The topological polar surface area (TPSA) is 55.6 Å². The van der Waals surface area contributed by atoms with Crippen molar-refractivity contribution in [2.45, 2.75) is 25.8 Å². The molecule has 3 rings (SSSR count). The van der Waals surface area contributed by atoms with E-state index < -0.39 is 0 Å². The molecule has 1 fully saturated rings. The molecular formula is C12H15N5. The molecule has 0 radical (unpaired) electrons. The van der Waals surface area contributed by atoms with E-state index in [0.29, 0.717) is 6.04 Å². The Morgan fingerprint density at radius 3 is 2.88 bits per heavy atom. The molecule has 2 aromatic rings. The highest BCUT2D eigenvalue weighted by atomic mass is 15.5. The molecular weight excluding hydrogens is 214 g/mol. The Labute approximate surface area is 99.8 Å². The number of hydrogen-bond acceptors (Lipinski definition) is 4. The summed E-state index contributed by atoms with van der Waals surface area (Å²) in [4.78, 5) is 0. The van der Waals surface area contributed by atoms with Crippen molar-refractivity contribution in [3.8, 4) is 5.69 Å². The molecule has 88 valence electrons. The molecule has 1 saturated carbocycles. The minimum absolute atomic E-state index is 0.507. The number of anilines is 1. The average molecular weight is 229 g/mol. The third kappa shape index (κ3) is 2.13. The molecule has 0 amide bonds. The lowest BCUT2D eigenvalue weighted by atomic mass is 10.2. The van der Waals surface area contributed by atoms with Crippen molar-refractivity contribution in [2.75, 3.05) is 5.32 Å². The van der Waals surface area contributed by atoms with Gasteiger partial charge in [0, 0.05) is 6.04 Å². The smallest absolute Gasteiger partial charge is 0.143 e. The van der Waals surface area contributed by atoms with E-state index in [0.717, 1.165) is 17.3 Å². The third-order valence-corrected chi connectivity index (χ3v) is 3.21. The summed E-state index contributed by atoms with van der Waals surface area (Å²) in [6.45, 7) is 2.23. The van der Waals surface area contributed by atoms with Crippen molar-refractivity contribution in [3.63, 3.8) is 0 Å². The van der Waals surface area contributed by atoms with Crippen LogP contribution in [0.3, 0.4) is 0 Å². The molecule has 0 bridgehead atoms. The predicted molar refractivity (Wildman–Crippen MR) is 65.0 cm³/mol. The Hall–Kier alpha value is -1.91. The van der Waals surface area contributed by atoms with Gasteiger partial charge in [-0.05, 0) is 48.2 Å². The van der Waals surface area contributed by atoms with Gasteiger partial charge in [0.1, 0.15) is 6.33 Å². The van der Waals surface area contributed by atoms with Crippen LogP contribution in [-0.4, -0.2) is 26.2 Å². The predicted octanol–water partition coefficient (Wildman–Crippen LogP) is 1.87. The molecule has 1 aromatic carbocycles. The zero-order valence-corrected chi connectivity index (χ0v) is 9.74. The van der Waals surface area contributed by atoms with Gasteiger partial charge >= 0.3 is 0 Å². The van der Waals surface area contributed by atoms with Gasteiger partial charge in [-0.15, -0.1) is 5.10 Å². The van der Waals surface area contributed by atoms with Crippen molar-refractivity contribution in [1.82, 2.24) is 20.2 Å². The maximum atomic E-state index is 3.93. The Kier molecular flexibility index (Phi) is 2.51. The Morgan fingerprint density at radius 2 is 2.18 bits per heavy atom. The molecule has 1 unspecified atom stereocenters. The summed E-state index contributed by atoms with van der Waals surface area (Å²) in [7, 11) is 0. The fraction of sp³-hybridized carbons (Fsp3) is 0.417. The number of nitrogens with one attached hydrogen (secondary N) is 1. The molecule has 17 heavy (non-hydrogen) atoms. The molecule has 0 aliphatic heterocycles. The number of benzene rings is 1. The number of tetrazole rings is 1. The van der Waals surface area contributed by atoms with E-state index in [9.17, 15) is 0 Å². The molecule has 1 aliphatic carbocycles. The summed E-state index contributed by atoms with van der Waals surface area (Å²) in [6.07, 6.45) is 4.28. The SMILES string of the molecule is CC(Nc1ccccc1-n1cnnn1)C1CC1. The van der Waals surface area contributed by atoms with E-state index in [2.05, 4.69) is 33.8 Å². The van der Waals surface area contributed by atoms with Crippen LogP contribution in [0.2, 0.25) is 0 Å². The summed E-state index contributed by atoms with van der Waals surface area (Å²) in [5.74, 6) is 0.817. The monoisotopic (exact) mass is 229 g/mol. The van der Waals surface area contributed by atoms with Gasteiger partial charge in [-0.25, -0.2) is 0 Å². The van der Waals surface area contributed by atoms with E-state index in [1.807, 2.05) is 18.2 Å². The third-order valence-electron chi connectivity index (χ3n) is 3.21. The lowest BCUT2D eigenvalue weighted by Crippen LogP contribution is -2.18. The first-order valence-corrected chi connectivity index (χ1v) is 5.93. The molecule has 5 heteroatoms. The van der Waals surface area contributed by atoms with Gasteiger partial charge in [0.15, 0.2) is 0 Å². The van der Waals surface area contributed by atoms with Gasteiger partial charge in [0.2, 0.25) is 0 Å². The Morgan fingerprint density at radius 1 is 1.35 bits per heavy atom. The Balaban J connectivity index is 1.88. The van der Waals surface area contributed by atoms with E-state index in [4.69, 9.17) is 0 Å². The normalized spacial score (nSPS) is 16.8. The van der Waals surface area contributed by atoms with Crippen LogP contribution in [0, 0.1) is 5.92 Å². The first kappa shape index (κ1) is 10.3. The van der Waals surface area contributed by atoms with Crippen molar-refractivity contribution in [3.05, 3.63) is 30.6 Å². The van der Waals surface area contributed by atoms with E-state index in [-0.39, 0.29) is 0 Å². The van der Waals surface area contributed by atoms with Crippen LogP contribution in [0.15, 0.2) is 30.6 Å². The second kappa shape index (κ2) is 4.16. The van der Waals surface area contributed by atoms with Crippen LogP contribution < -0.4 is 5.32 Å². The van der Waals surface area contributed by atoms with Gasteiger partial charge in [0.05, 0.1) is 11.4 Å². The van der Waals surface area contributed by atoms with Crippen LogP contribution in [0.5, 0.6) is 0 Å². The molecule has 1 heterocycles. The van der Waals surface area contributed by atoms with Gasteiger partial charge < -0.3 is 5.32 Å². The fourth-order valence-electron chi connectivity index (χ4n) is 2.03. The van der Waals surface area contributed by atoms with E-state index >= 15 is 0 Å². The lowest BCUT2D eigenvalue weighted by Gasteiger charge is -2.16. The van der Waals surface area contributed by atoms with Crippen molar-refractivity contribution >= 4 is 5.69 Å². The summed E-state index contributed by atoms with van der Waals surface area (Å²) in [5.41, 5.74) is 2.07. The second-order valence-electron chi connectivity index (χ2n) is 4.54. The minimum atomic E-state index is 0.507. The molecule has 5 nitrogen and oxygen atoms in total. The number of para-hydroxylation sites is 2. The largest absolute Gasteiger partial charge is 0.381 e. The maximum Gasteiger partial charge on any atom is 0.143 e. The van der Waals surface area contributed by atoms with Crippen LogP contribution >= 0.6 is 0 Å². The standard InChI is InChI=1S/C12H15N5/c1-9(10-6-7-10)14-11-4-2-3-5-12(11)17-8-13-15-16-17/h2-5,8-10,14H,6-7H2,1H3. The zero-order chi connectivity index (χ0) is 11.7. The van der Waals surface area contributed by atoms with E-state index in [1.165, 1.54) is 12.8 Å². The maximum absolute atomic E-state index is 3.93. The van der Waals surface area contributed by atoms with Crippen molar-refractivity contribution in [2.24, 2.45) is 5.92 Å². The average Bonchev–Trinajstić information content (AvgIpc) is 3.06. The lowest BCUT2D eigenvalue weighted by molar-refractivity contribution is 0.691. The van der Waals surface area contributed by atoms with Crippen LogP contribution in [0.1, 0.15) is 19.8 Å². The number of aromatic nitrogens is 4. The van der Waals surface area contributed by atoms with Gasteiger partial charge in [0.25, 0.3) is 0 Å². The summed E-state index contributed by atoms with van der Waals surface area (Å²) < 4.78 is 1.68. The van der Waals surface area contributed by atoms with Crippen LogP contribution in [-0.2, 0) is 0 Å². The highest BCUT2D eigenvalue weighted by molar-refractivity contribution is 5.60. The molecule has 1 aliphatic rings. The highest BCUT2D eigenvalue weighted by Gasteiger charge is 2.28. The Bertz CT molecular complexity index is 489. The molecule has 1 atom stereocenters. The summed E-state index contributed by atoms with van der Waals surface area (Å²) >= 11 is 0. The van der Waals surface area contributed by atoms with Gasteiger partial charge in [-0.2, -0.15) is 4.68 Å². The minimum Gasteiger partial charge on any atom is -0.381 e. The zero-order valence-electron chi connectivity index (χ0n) is 9.74.